The highest BCUT2D eigenvalue weighted by molar-refractivity contribution is 6.09. The topological polar surface area (TPSA) is 353 Å². The van der Waals surface area contributed by atoms with E-state index < -0.39 is 205 Å². The van der Waals surface area contributed by atoms with E-state index in [-0.39, 0.29) is 61.7 Å². The second-order valence-electron chi connectivity index (χ2n) is 45.4. The summed E-state index contributed by atoms with van der Waals surface area (Å²) in [5.41, 5.74) is -11.5. The molecule has 0 saturated carbocycles. The number of benzene rings is 2. The van der Waals surface area contributed by atoms with Gasteiger partial charge in [-0.2, -0.15) is 0 Å². The van der Waals surface area contributed by atoms with E-state index in [9.17, 15) is 58.2 Å². The molecule has 5 aliphatic heterocycles. The SMILES string of the molecule is CC[C@H]1OC(=O)[C@@](C)(F)C(=O)[C@H](C)[C@@H](C(C)(C)C)[C@](C)(OC/C=C/c2cnc3ccccc3c2)C[C@@H](C)C(=O)[C@H](C)[C@H]2NC(=O)O[C@@]21C.CC[C@H]1OC(=O)[C@@](C)(F)C(=O)[C@H](C)[C@@H](C(C)(C)C)[C@](C)(OCCNCCCN(C)C)C[C@@H](C)CN(C)[C@H](C)[C@@H](O)[C@]1(C)O.CC[C@H]1OC(=O)[C@H](C)C(=O)[C@H](C)[C@@H](C(C)(C)C)[C@](C)(OC/C=C/c2cnc3ccccc3c2)C[C@@H](C)C(=O)[C@H](C)[C@H]2NC(=O)O[C@@]21C. The maximum absolute atomic E-state index is 16.5. The lowest BCUT2D eigenvalue weighted by Crippen LogP contribution is -2.59. The van der Waals surface area contributed by atoms with Gasteiger partial charge in [0.1, 0.15) is 53.3 Å². The van der Waals surface area contributed by atoms with Gasteiger partial charge in [-0.1, -0.05) is 199 Å². The Morgan fingerprint density at radius 2 is 0.913 bits per heavy atom. The highest BCUT2D eigenvalue weighted by Crippen LogP contribution is 2.52. The number of carbonyl (C=O) groups excluding carboxylic acids is 10. The lowest BCUT2D eigenvalue weighted by molar-refractivity contribution is -0.196. The number of pyridine rings is 2. The zero-order valence-electron chi connectivity index (χ0n) is 88.9. The molecule has 9 rings (SSSR count). The van der Waals surface area contributed by atoms with Gasteiger partial charge < -0.3 is 73.9 Å². The van der Waals surface area contributed by atoms with Crippen molar-refractivity contribution in [1.82, 2.24) is 35.7 Å². The Kier molecular flexibility index (Phi) is 39.5. The van der Waals surface area contributed by atoms with Crippen LogP contribution in [0.2, 0.25) is 0 Å². The third-order valence-corrected chi connectivity index (χ3v) is 30.2. The summed E-state index contributed by atoms with van der Waals surface area (Å²) in [7, 11) is 5.97. The molecule has 0 spiro atoms. The second kappa shape index (κ2) is 46.8. The number of alkyl halides is 2. The number of alkyl carbamates (subject to hydrolysis) is 2. The molecule has 2 aromatic heterocycles. The highest BCUT2D eigenvalue weighted by atomic mass is 19.1. The number of esters is 3. The molecular formula is C109H167F2N7O20. The normalized spacial score (nSPS) is 36.0. The van der Waals surface area contributed by atoms with Gasteiger partial charge >= 0.3 is 30.1 Å². The number of ketones is 5. The van der Waals surface area contributed by atoms with Gasteiger partial charge in [0.25, 0.3) is 11.3 Å². The van der Waals surface area contributed by atoms with Crippen LogP contribution >= 0.6 is 0 Å². The minimum Gasteiger partial charge on any atom is -0.458 e. The van der Waals surface area contributed by atoms with Gasteiger partial charge in [0.05, 0.1) is 59.7 Å². The number of para-hydroxylation sites is 2. The van der Waals surface area contributed by atoms with Crippen LogP contribution in [0, 0.1) is 87.3 Å². The second-order valence-corrected chi connectivity index (χ2v) is 45.4. The van der Waals surface area contributed by atoms with Crippen LogP contribution < -0.4 is 16.0 Å². The number of amides is 2. The fraction of sp³-hybridized carbons (Fsp3) is 0.706. The van der Waals surface area contributed by atoms with Crippen LogP contribution in [0.3, 0.4) is 0 Å². The van der Waals surface area contributed by atoms with Gasteiger partial charge in [-0.3, -0.25) is 38.7 Å². The maximum Gasteiger partial charge on any atom is 0.408 e. The summed E-state index contributed by atoms with van der Waals surface area (Å²) in [6.45, 7) is 57.2. The number of nitrogens with one attached hydrogen (secondary N) is 3. The number of aromatic nitrogens is 2. The molecule has 29 heteroatoms. The number of halogens is 2. The first-order valence-electron chi connectivity index (χ1n) is 49.8. The summed E-state index contributed by atoms with van der Waals surface area (Å²) in [4.78, 5) is 149. The molecule has 4 aromatic rings. The Balaban J connectivity index is 0.000000282. The molecular weight excluding hydrogens is 1770 g/mol. The Hall–Kier alpha value is -8.42. The van der Waals surface area contributed by atoms with E-state index >= 15 is 8.78 Å². The van der Waals surface area contributed by atoms with E-state index in [1.807, 2.05) is 194 Å². The van der Waals surface area contributed by atoms with Gasteiger partial charge in [0.15, 0.2) is 22.8 Å². The fourth-order valence-corrected chi connectivity index (χ4v) is 24.1. The van der Waals surface area contributed by atoms with Crippen LogP contribution in [-0.2, 0) is 76.3 Å². The van der Waals surface area contributed by atoms with Crippen LogP contribution in [0.15, 0.2) is 85.2 Å². The summed E-state index contributed by atoms with van der Waals surface area (Å²) in [6, 6.07) is 17.7. The van der Waals surface area contributed by atoms with Crippen LogP contribution in [0.25, 0.3) is 34.0 Å². The smallest absolute Gasteiger partial charge is 0.408 e. The zero-order chi connectivity index (χ0) is 104. The first kappa shape index (κ1) is 117. The van der Waals surface area contributed by atoms with Crippen molar-refractivity contribution < 1.29 is 105 Å². The predicted octanol–water partition coefficient (Wildman–Crippen LogP) is 17.7. The Morgan fingerprint density at radius 1 is 0.529 bits per heavy atom. The average molecular weight is 1930 g/mol. The van der Waals surface area contributed by atoms with Crippen molar-refractivity contribution in [3.8, 4) is 0 Å². The molecule has 2 amide bonds. The number of hydrogen-bond acceptors (Lipinski definition) is 25. The molecule has 5 fully saturated rings. The molecule has 0 aliphatic carbocycles. The number of likely N-dealkylation sites (N-methyl/N-ethyl adjacent to an activating group) is 1. The summed E-state index contributed by atoms with van der Waals surface area (Å²) in [5, 5.41) is 33.6. The molecule has 0 radical (unpaired) electrons. The number of hydrogen-bond donors (Lipinski definition) is 5. The molecule has 27 nitrogen and oxygen atoms in total. The Bertz CT molecular complexity index is 4940. The summed E-state index contributed by atoms with van der Waals surface area (Å²) >= 11 is 0. The monoisotopic (exact) mass is 1930 g/mol. The summed E-state index contributed by atoms with van der Waals surface area (Å²) in [5.74, 6) is -13.1. The predicted molar refractivity (Wildman–Crippen MR) is 533 cm³/mol. The van der Waals surface area contributed by atoms with Crippen LogP contribution in [-0.4, -0.2) is 244 Å². The maximum atomic E-state index is 16.5. The van der Waals surface area contributed by atoms with E-state index in [0.717, 1.165) is 66.3 Å². The number of aliphatic hydroxyl groups is 2. The summed E-state index contributed by atoms with van der Waals surface area (Å²) in [6.07, 6.45) is 7.97. The van der Waals surface area contributed by atoms with Crippen molar-refractivity contribution in [2.45, 2.75) is 340 Å². The first-order valence-corrected chi connectivity index (χ1v) is 49.8. The number of fused-ring (bicyclic) bond motifs is 4. The van der Waals surface area contributed by atoms with Gasteiger partial charge in [0.2, 0.25) is 0 Å². The van der Waals surface area contributed by atoms with Crippen molar-refractivity contribution in [1.29, 1.82) is 0 Å². The van der Waals surface area contributed by atoms with Gasteiger partial charge in [-0.25, -0.2) is 28.0 Å². The molecule has 5 aliphatic rings. The van der Waals surface area contributed by atoms with Crippen molar-refractivity contribution in [3.05, 3.63) is 96.3 Å². The largest absolute Gasteiger partial charge is 0.458 e. The quantitative estimate of drug-likeness (QED) is 0.0252. The third kappa shape index (κ3) is 27.3. The van der Waals surface area contributed by atoms with E-state index in [1.165, 1.54) is 6.92 Å². The highest BCUT2D eigenvalue weighted by Gasteiger charge is 2.63. The van der Waals surface area contributed by atoms with E-state index in [4.69, 9.17) is 37.9 Å². The van der Waals surface area contributed by atoms with Crippen molar-refractivity contribution in [2.75, 3.05) is 67.1 Å². The van der Waals surface area contributed by atoms with Gasteiger partial charge in [-0.15, -0.1) is 0 Å². The zero-order valence-corrected chi connectivity index (χ0v) is 88.9. The van der Waals surface area contributed by atoms with E-state index in [1.54, 1.807) is 82.4 Å². The van der Waals surface area contributed by atoms with Crippen molar-refractivity contribution >= 4 is 93.0 Å². The van der Waals surface area contributed by atoms with Gasteiger partial charge in [-0.05, 0) is 206 Å². The van der Waals surface area contributed by atoms with E-state index in [0.29, 0.717) is 39.0 Å². The molecule has 0 unspecified atom stereocenters. The molecule has 2 aromatic carbocycles. The number of aliphatic hydroxyl groups excluding tert-OH is 1. The number of carbonyl (C=O) groups is 10. The molecule has 5 saturated heterocycles. The minimum atomic E-state index is -3.00. The molecule has 0 bridgehead atoms. The number of nitrogens with zero attached hydrogens (tertiary/aromatic N) is 4. The number of Topliss-reactive ketones (excluding diaryl/α,β-unsaturated/α-hetero) is 5. The van der Waals surface area contributed by atoms with Crippen LogP contribution in [0.1, 0.15) is 264 Å². The third-order valence-electron chi connectivity index (χ3n) is 30.2. The first-order chi connectivity index (χ1) is 63.7. The lowest BCUT2D eigenvalue weighted by Gasteiger charge is -2.49. The van der Waals surface area contributed by atoms with Crippen LogP contribution in [0.4, 0.5) is 18.4 Å². The minimum absolute atomic E-state index is 0.0524. The molecule has 5 N–H and O–H groups in total. The van der Waals surface area contributed by atoms with Gasteiger partial charge in [0, 0.05) is 101 Å². The van der Waals surface area contributed by atoms with Crippen LogP contribution in [0.5, 0.6) is 0 Å². The Labute approximate surface area is 820 Å². The van der Waals surface area contributed by atoms with E-state index in [2.05, 4.69) is 64.6 Å². The summed E-state index contributed by atoms with van der Waals surface area (Å²) < 4.78 is 81.4. The average Bonchev–Trinajstić information content (AvgIpc) is 0.976. The lowest BCUT2D eigenvalue weighted by atomic mass is 9.60. The molecule has 772 valence electrons. The fourth-order valence-electron chi connectivity index (χ4n) is 24.1. The number of cyclic esters (lactones) is 3. The molecule has 27 atom stereocenters. The van der Waals surface area contributed by atoms with Crippen molar-refractivity contribution in [3.63, 3.8) is 0 Å². The number of rotatable bonds is 19. The number of ether oxygens (including phenoxy) is 8. The standard InChI is InChI=1S/C38H51FN2O7.C38H52N2O7.C33H64FN3O6/c1-11-28-38(10)31(41-34(45)48-38)23(3)29(42)22(2)20-36(8,30(35(5,6)7)24(4)32(43)37(9,39)33(44)47-28)46-18-14-15-25-19-26-16-12-13-17-27(26)40-21-25;1-11-29-38(10)33(40-35(44)47-38)24(4)30(41)22(2)20-37(9,32(36(6,7)8)23(3)31(42)25(5)34(43)46-29)45-18-14-15-26-19-27-16-12-13-17-28(27)39-21-26;1-14-25-33(10,41)28(39)24(4)37(13)21-22(2)20-31(8,42-19-17-35-16-15-18-36(11)12)26(30(5,6)7)23(3)27(38)32(9,34)29(40)43-25/h12-17,19,21-24,28,30-31H,11,18,20H2,1-10H3,(H,41,45);12-17,19,21-25,29,32-33H,11,18,20H2,1-10H3,(H,40,44);22-26,28,35,39,41H,14-21H2,1-13H3/b2*15-14+;/t22-,23+,24-,28-,30+,31-,36-,37+,38-;22-,23+,24+,25-,29-,32+,33-,37-,38-;22-,23-,24-,25-,26+,28-,31-,32+,33-/m111/s1. The molecule has 7 heterocycles. The molecule has 138 heavy (non-hydrogen) atoms. The Morgan fingerprint density at radius 3 is 1.31 bits per heavy atom. The van der Waals surface area contributed by atoms with Crippen molar-refractivity contribution in [2.24, 2.45) is 87.3 Å².